The first-order valence-electron chi connectivity index (χ1n) is 12.0. The predicted molar refractivity (Wildman–Crippen MR) is 131 cm³/mol. The summed E-state index contributed by atoms with van der Waals surface area (Å²) >= 11 is 0. The van der Waals surface area contributed by atoms with E-state index in [0.717, 1.165) is 19.6 Å². The number of hydrogen-bond acceptors (Lipinski definition) is 7. The molecular formula is C27H32N2O6. The quantitative estimate of drug-likeness (QED) is 0.335. The number of amides is 1. The Hall–Kier alpha value is -3.36. The molecule has 2 saturated heterocycles. The average Bonchev–Trinajstić information content (AvgIpc) is 3.14. The maximum absolute atomic E-state index is 13.2. The summed E-state index contributed by atoms with van der Waals surface area (Å²) in [4.78, 5) is 30.2. The standard InChI is InChI=1S/C27H32N2O6/c1-3-35-21-10-8-19(9-11-21)25(30)23-24(20-6-4-7-22(18-20)33-2)29(27(32)26(23)31)13-5-12-28-14-16-34-17-15-28/h4,6-11,18,24,30H,3,5,12-17H2,1-2H3/b25-23-. The first-order chi connectivity index (χ1) is 17.0. The van der Waals surface area contributed by atoms with Crippen molar-refractivity contribution in [3.8, 4) is 11.5 Å². The molecule has 186 valence electrons. The van der Waals surface area contributed by atoms with Crippen molar-refractivity contribution in [3.63, 3.8) is 0 Å². The lowest BCUT2D eigenvalue weighted by molar-refractivity contribution is -0.140. The molecule has 2 aromatic rings. The van der Waals surface area contributed by atoms with Crippen LogP contribution in [0, 0.1) is 0 Å². The van der Waals surface area contributed by atoms with Crippen LogP contribution in [0.4, 0.5) is 0 Å². The van der Waals surface area contributed by atoms with E-state index in [-0.39, 0.29) is 11.3 Å². The Balaban J connectivity index is 1.67. The van der Waals surface area contributed by atoms with Crippen LogP contribution >= 0.6 is 0 Å². The Labute approximate surface area is 205 Å². The molecular weight excluding hydrogens is 448 g/mol. The Morgan fingerprint density at radius 3 is 2.49 bits per heavy atom. The zero-order valence-electron chi connectivity index (χ0n) is 20.2. The SMILES string of the molecule is CCOc1ccc(/C(O)=C2/C(=O)C(=O)N(CCCN3CCOCC3)C2c2cccc(OC)c2)cc1. The molecule has 8 nitrogen and oxygen atoms in total. The van der Waals surface area contributed by atoms with Crippen molar-refractivity contribution in [1.29, 1.82) is 0 Å². The summed E-state index contributed by atoms with van der Waals surface area (Å²) in [6.45, 7) is 6.73. The number of carbonyl (C=O) groups excluding carboxylic acids is 2. The molecule has 35 heavy (non-hydrogen) atoms. The first kappa shape index (κ1) is 24.8. The number of methoxy groups -OCH3 is 1. The molecule has 1 amide bonds. The van der Waals surface area contributed by atoms with Crippen LogP contribution in [0.2, 0.25) is 0 Å². The van der Waals surface area contributed by atoms with Gasteiger partial charge in [-0.05, 0) is 55.3 Å². The number of benzene rings is 2. The van der Waals surface area contributed by atoms with E-state index in [1.807, 2.05) is 19.1 Å². The van der Waals surface area contributed by atoms with Gasteiger partial charge < -0.3 is 24.2 Å². The summed E-state index contributed by atoms with van der Waals surface area (Å²) in [6, 6.07) is 13.4. The van der Waals surface area contributed by atoms with Gasteiger partial charge in [0, 0.05) is 31.7 Å². The van der Waals surface area contributed by atoms with Crippen molar-refractivity contribution in [2.45, 2.75) is 19.4 Å². The Bertz CT molecular complexity index is 1080. The number of Topliss-reactive ketones (excluding diaryl/α,β-unsaturated/α-hetero) is 1. The number of likely N-dealkylation sites (tertiary alicyclic amines) is 1. The summed E-state index contributed by atoms with van der Waals surface area (Å²) in [5.74, 6) is -0.211. The van der Waals surface area contributed by atoms with Gasteiger partial charge in [0.25, 0.3) is 11.7 Å². The van der Waals surface area contributed by atoms with E-state index in [2.05, 4.69) is 4.90 Å². The van der Waals surface area contributed by atoms with Gasteiger partial charge >= 0.3 is 0 Å². The second-order valence-corrected chi connectivity index (χ2v) is 8.53. The van der Waals surface area contributed by atoms with Crippen molar-refractivity contribution in [2.24, 2.45) is 0 Å². The maximum atomic E-state index is 13.2. The lowest BCUT2D eigenvalue weighted by atomic mass is 9.95. The molecule has 8 heteroatoms. The number of rotatable bonds is 9. The van der Waals surface area contributed by atoms with Crippen molar-refractivity contribution < 1.29 is 28.9 Å². The number of nitrogens with zero attached hydrogens (tertiary/aromatic N) is 2. The molecule has 0 radical (unpaired) electrons. The van der Waals surface area contributed by atoms with Crippen LogP contribution in [0.15, 0.2) is 54.1 Å². The van der Waals surface area contributed by atoms with E-state index in [4.69, 9.17) is 14.2 Å². The van der Waals surface area contributed by atoms with Crippen LogP contribution in [0.5, 0.6) is 11.5 Å². The zero-order valence-corrected chi connectivity index (χ0v) is 20.2. The fourth-order valence-corrected chi connectivity index (χ4v) is 4.59. The molecule has 2 aliphatic heterocycles. The van der Waals surface area contributed by atoms with Gasteiger partial charge in [0.05, 0.1) is 38.5 Å². The van der Waals surface area contributed by atoms with E-state index in [9.17, 15) is 14.7 Å². The fraction of sp³-hybridized carbons (Fsp3) is 0.407. The number of morpholine rings is 1. The smallest absolute Gasteiger partial charge is 0.295 e. The first-order valence-corrected chi connectivity index (χ1v) is 12.0. The van der Waals surface area contributed by atoms with Crippen LogP contribution in [0.25, 0.3) is 5.76 Å². The molecule has 1 unspecified atom stereocenters. The van der Waals surface area contributed by atoms with Crippen molar-refractivity contribution >= 4 is 17.4 Å². The number of hydrogen-bond donors (Lipinski definition) is 1. The van der Waals surface area contributed by atoms with Gasteiger partial charge in [-0.25, -0.2) is 0 Å². The highest BCUT2D eigenvalue weighted by molar-refractivity contribution is 6.46. The summed E-state index contributed by atoms with van der Waals surface area (Å²) in [7, 11) is 1.57. The van der Waals surface area contributed by atoms with Gasteiger partial charge in [-0.2, -0.15) is 0 Å². The van der Waals surface area contributed by atoms with Crippen LogP contribution < -0.4 is 9.47 Å². The lowest BCUT2D eigenvalue weighted by Gasteiger charge is -2.29. The van der Waals surface area contributed by atoms with Gasteiger partial charge in [-0.15, -0.1) is 0 Å². The van der Waals surface area contributed by atoms with Crippen LogP contribution in [0.1, 0.15) is 30.5 Å². The third-order valence-corrected chi connectivity index (χ3v) is 6.37. The van der Waals surface area contributed by atoms with E-state index in [1.54, 1.807) is 48.4 Å². The highest BCUT2D eigenvalue weighted by Gasteiger charge is 2.46. The van der Waals surface area contributed by atoms with Gasteiger partial charge in [-0.1, -0.05) is 12.1 Å². The predicted octanol–water partition coefficient (Wildman–Crippen LogP) is 3.24. The molecule has 1 atom stereocenters. The second kappa shape index (κ2) is 11.4. The summed E-state index contributed by atoms with van der Waals surface area (Å²) in [5.41, 5.74) is 1.24. The van der Waals surface area contributed by atoms with Crippen molar-refractivity contribution in [1.82, 2.24) is 9.80 Å². The Morgan fingerprint density at radius 1 is 1.06 bits per heavy atom. The van der Waals surface area contributed by atoms with E-state index >= 15 is 0 Å². The molecule has 2 aromatic carbocycles. The monoisotopic (exact) mass is 480 g/mol. The van der Waals surface area contributed by atoms with Crippen LogP contribution in [-0.4, -0.2) is 79.7 Å². The van der Waals surface area contributed by atoms with E-state index < -0.39 is 17.7 Å². The topological polar surface area (TPSA) is 88.5 Å². The van der Waals surface area contributed by atoms with Gasteiger partial charge in [0.1, 0.15) is 17.3 Å². The zero-order chi connectivity index (χ0) is 24.8. The van der Waals surface area contributed by atoms with E-state index in [1.165, 1.54) is 0 Å². The Morgan fingerprint density at radius 2 is 1.80 bits per heavy atom. The number of aliphatic hydroxyl groups is 1. The number of ether oxygens (including phenoxy) is 3. The largest absolute Gasteiger partial charge is 0.507 e. The average molecular weight is 481 g/mol. The number of aliphatic hydroxyl groups excluding tert-OH is 1. The third-order valence-electron chi connectivity index (χ3n) is 6.37. The molecule has 0 saturated carbocycles. The number of carbonyl (C=O) groups is 2. The molecule has 2 heterocycles. The molecule has 1 N–H and O–H groups in total. The van der Waals surface area contributed by atoms with Crippen molar-refractivity contribution in [3.05, 3.63) is 65.2 Å². The molecule has 0 aliphatic carbocycles. The molecule has 0 aromatic heterocycles. The minimum absolute atomic E-state index is 0.0822. The highest BCUT2D eigenvalue weighted by Crippen LogP contribution is 2.40. The van der Waals surface area contributed by atoms with Gasteiger partial charge in [0.2, 0.25) is 0 Å². The molecule has 2 fully saturated rings. The highest BCUT2D eigenvalue weighted by atomic mass is 16.5. The third kappa shape index (κ3) is 5.49. The van der Waals surface area contributed by atoms with Crippen LogP contribution in [0.3, 0.4) is 0 Å². The molecule has 0 bridgehead atoms. The van der Waals surface area contributed by atoms with Gasteiger partial charge in [0.15, 0.2) is 0 Å². The summed E-state index contributed by atoms with van der Waals surface area (Å²) in [6.07, 6.45) is 0.705. The van der Waals surface area contributed by atoms with Gasteiger partial charge in [-0.3, -0.25) is 14.5 Å². The van der Waals surface area contributed by atoms with E-state index in [0.29, 0.717) is 55.4 Å². The minimum atomic E-state index is -0.707. The minimum Gasteiger partial charge on any atom is -0.507 e. The normalized spacial score (nSPS) is 20.3. The molecule has 2 aliphatic rings. The summed E-state index contributed by atoms with van der Waals surface area (Å²) < 4.78 is 16.3. The maximum Gasteiger partial charge on any atom is 0.295 e. The van der Waals surface area contributed by atoms with Crippen LogP contribution in [-0.2, 0) is 14.3 Å². The summed E-state index contributed by atoms with van der Waals surface area (Å²) in [5, 5.41) is 11.2. The fourth-order valence-electron chi connectivity index (χ4n) is 4.59. The Kier molecular flexibility index (Phi) is 8.05. The lowest BCUT2D eigenvalue weighted by Crippen LogP contribution is -2.38. The second-order valence-electron chi connectivity index (χ2n) is 8.53. The van der Waals surface area contributed by atoms with Crippen molar-refractivity contribution in [2.75, 3.05) is 53.1 Å². The number of ketones is 1. The molecule has 4 rings (SSSR count). The molecule has 0 spiro atoms.